The molecule has 0 N–H and O–H groups in total. The maximum Gasteiger partial charge on any atom is 0.137 e. The van der Waals surface area contributed by atoms with Gasteiger partial charge in [-0.15, -0.1) is 0 Å². The topological polar surface area (TPSA) is 33.5 Å². The van der Waals surface area contributed by atoms with Crippen molar-refractivity contribution in [1.29, 1.82) is 0 Å². The Morgan fingerprint density at radius 3 is 1.97 bits per heavy atom. The van der Waals surface area contributed by atoms with Gasteiger partial charge in [0.2, 0.25) is 0 Å². The predicted molar refractivity (Wildman–Crippen MR) is 293 cm³/mol. The van der Waals surface area contributed by atoms with Gasteiger partial charge in [-0.1, -0.05) is 171 Å². The molecule has 70 heavy (non-hydrogen) atoms. The molecule has 1 aliphatic carbocycles. The number of anilines is 4. The monoisotopic (exact) mass is 910 g/mol. The molecular formula is C65H58N4O. The van der Waals surface area contributed by atoms with Gasteiger partial charge in [-0.2, -0.15) is 0 Å². The molecule has 0 amide bonds. The van der Waals surface area contributed by atoms with Crippen LogP contribution >= 0.6 is 0 Å². The van der Waals surface area contributed by atoms with Crippen molar-refractivity contribution in [3.8, 4) is 50.7 Å². The highest BCUT2D eigenvalue weighted by molar-refractivity contribution is 6.09. The molecule has 0 spiro atoms. The van der Waals surface area contributed by atoms with Crippen LogP contribution in [0.1, 0.15) is 77.6 Å². The van der Waals surface area contributed by atoms with Crippen LogP contribution in [-0.4, -0.2) is 16.2 Å². The number of rotatable bonds is 7. The van der Waals surface area contributed by atoms with E-state index in [4.69, 9.17) is 9.72 Å². The number of benzene rings is 8. The Morgan fingerprint density at radius 1 is 0.486 bits per heavy atom. The summed E-state index contributed by atoms with van der Waals surface area (Å²) in [5, 5.41) is 2.34. The molecule has 10 aromatic rings. The third-order valence-electron chi connectivity index (χ3n) is 14.8. The van der Waals surface area contributed by atoms with Crippen LogP contribution in [0, 0.1) is 0 Å². The second-order valence-electron chi connectivity index (χ2n) is 21.7. The van der Waals surface area contributed by atoms with Crippen LogP contribution < -0.4 is 14.5 Å². The minimum Gasteiger partial charge on any atom is -0.457 e. The molecule has 0 fully saturated rings. The van der Waals surface area contributed by atoms with Crippen LogP contribution in [0.15, 0.2) is 194 Å². The van der Waals surface area contributed by atoms with Crippen LogP contribution in [0.5, 0.6) is 11.5 Å². The summed E-state index contributed by atoms with van der Waals surface area (Å²) in [7, 11) is 0. The molecule has 0 unspecified atom stereocenters. The minimum absolute atomic E-state index is 0.0149. The number of pyridine rings is 1. The number of hydrogen-bond acceptors (Lipinski definition) is 4. The fourth-order valence-corrected chi connectivity index (χ4v) is 11.0. The predicted octanol–water partition coefficient (Wildman–Crippen LogP) is 17.5. The zero-order valence-electron chi connectivity index (χ0n) is 41.4. The number of ether oxygens (including phenoxy) is 1. The van der Waals surface area contributed by atoms with Gasteiger partial charge in [-0.25, -0.2) is 4.98 Å². The molecule has 5 nitrogen and oxygen atoms in total. The molecule has 2 aromatic heterocycles. The second kappa shape index (κ2) is 16.1. The summed E-state index contributed by atoms with van der Waals surface area (Å²) < 4.78 is 9.14. The minimum atomic E-state index is -0.170. The molecule has 0 bridgehead atoms. The van der Waals surface area contributed by atoms with Crippen molar-refractivity contribution >= 4 is 44.6 Å². The Hall–Kier alpha value is -7.89. The van der Waals surface area contributed by atoms with Gasteiger partial charge in [0.15, 0.2) is 0 Å². The highest BCUT2D eigenvalue weighted by atomic mass is 16.5. The number of para-hydroxylation sites is 3. The van der Waals surface area contributed by atoms with Crippen molar-refractivity contribution in [1.82, 2.24) is 9.55 Å². The van der Waals surface area contributed by atoms with Gasteiger partial charge in [-0.3, -0.25) is 4.57 Å². The first-order valence-corrected chi connectivity index (χ1v) is 24.6. The molecule has 1 aliphatic heterocycles. The first kappa shape index (κ1) is 43.4. The Labute approximate surface area is 412 Å². The highest BCUT2D eigenvalue weighted by Gasteiger charge is 2.41. The zero-order valence-corrected chi connectivity index (χ0v) is 41.4. The number of aromatic nitrogens is 2. The molecule has 3 heterocycles. The summed E-state index contributed by atoms with van der Waals surface area (Å²) in [5.41, 5.74) is 19.3. The second-order valence-corrected chi connectivity index (χ2v) is 21.7. The molecular weight excluding hydrogens is 853 g/mol. The smallest absolute Gasteiger partial charge is 0.137 e. The molecule has 8 aromatic carbocycles. The lowest BCUT2D eigenvalue weighted by Crippen LogP contribution is -2.25. The summed E-state index contributed by atoms with van der Waals surface area (Å²) in [6.45, 7) is 19.1. The molecule has 5 heteroatoms. The van der Waals surface area contributed by atoms with Crippen molar-refractivity contribution in [2.24, 2.45) is 0 Å². The molecule has 0 saturated heterocycles. The van der Waals surface area contributed by atoms with E-state index in [1.165, 1.54) is 72.4 Å². The molecule has 0 saturated carbocycles. The van der Waals surface area contributed by atoms with Crippen LogP contribution in [0.2, 0.25) is 0 Å². The molecule has 344 valence electrons. The Balaban J connectivity index is 0.971. The molecule has 12 rings (SSSR count). The fourth-order valence-electron chi connectivity index (χ4n) is 11.0. The van der Waals surface area contributed by atoms with Crippen molar-refractivity contribution in [3.05, 3.63) is 217 Å². The first-order valence-electron chi connectivity index (χ1n) is 24.6. The Morgan fingerprint density at radius 2 is 1.17 bits per heavy atom. The van der Waals surface area contributed by atoms with E-state index in [-0.39, 0.29) is 16.2 Å². The van der Waals surface area contributed by atoms with Gasteiger partial charge >= 0.3 is 0 Å². The van der Waals surface area contributed by atoms with Gasteiger partial charge in [-0.05, 0) is 116 Å². The average Bonchev–Trinajstić information content (AvgIpc) is 3.99. The van der Waals surface area contributed by atoms with Crippen molar-refractivity contribution in [3.63, 3.8) is 0 Å². The van der Waals surface area contributed by atoms with Gasteiger partial charge < -0.3 is 14.5 Å². The largest absolute Gasteiger partial charge is 0.457 e. The van der Waals surface area contributed by atoms with E-state index in [1.54, 1.807) is 0 Å². The quantitative estimate of drug-likeness (QED) is 0.160. The van der Waals surface area contributed by atoms with Crippen LogP contribution in [-0.2, 0) is 16.2 Å². The summed E-state index contributed by atoms with van der Waals surface area (Å²) in [6.07, 6.45) is 1.93. The summed E-state index contributed by atoms with van der Waals surface area (Å²) >= 11 is 0. The maximum absolute atomic E-state index is 6.86. The first-order chi connectivity index (χ1) is 33.7. The van der Waals surface area contributed by atoms with Crippen molar-refractivity contribution in [2.75, 3.05) is 16.5 Å². The fraction of sp³-hybridized carbons (Fsp3) is 0.185. The van der Waals surface area contributed by atoms with Crippen LogP contribution in [0.25, 0.3) is 61.0 Å². The van der Waals surface area contributed by atoms with E-state index in [1.807, 2.05) is 6.20 Å². The van der Waals surface area contributed by atoms with E-state index < -0.39 is 0 Å². The summed E-state index contributed by atoms with van der Waals surface area (Å²) in [5.74, 6) is 2.43. The molecule has 2 aliphatic rings. The highest BCUT2D eigenvalue weighted by Crippen LogP contribution is 2.58. The lowest BCUT2D eigenvalue weighted by molar-refractivity contribution is 0.483. The van der Waals surface area contributed by atoms with E-state index >= 15 is 0 Å². The van der Waals surface area contributed by atoms with Gasteiger partial charge in [0.05, 0.1) is 28.1 Å². The van der Waals surface area contributed by atoms with Gasteiger partial charge in [0.1, 0.15) is 24.0 Å². The van der Waals surface area contributed by atoms with E-state index in [2.05, 4.69) is 258 Å². The molecule has 0 atom stereocenters. The van der Waals surface area contributed by atoms with Crippen molar-refractivity contribution < 1.29 is 4.74 Å². The number of hydrogen-bond donors (Lipinski definition) is 0. The SMILES string of the molecule is CC(C)(C)c1cc(-c2ccccc2)cc(-c2ccc3c(c2N2CN(c4cccc(Oc5ccc6c7ccccc7n(-c7cc(C(C)(C)C)ccn7)c6c5)c4)c4ccccc42)-c2ccccc2C3(C)C)c1. The van der Waals surface area contributed by atoms with Crippen molar-refractivity contribution in [2.45, 2.75) is 71.6 Å². The Kier molecular flexibility index (Phi) is 9.98. The standard InChI is InChI=1S/C65H58N4O/c1-63(2,3)45-33-34-66-60(38-45)69-56-26-15-13-23-51(56)52-30-29-49(40-59(52)69)70-48-22-18-21-47(39-48)67-41-68(58-28-17-16-27-57(58)67)62-50(31-32-55-61(62)53-24-12-14-25-54(53)65(55,7)8)44-35-43(42-19-10-9-11-20-42)36-46(37-44)64(4,5)6/h9-40H,41H2,1-8H3. The lowest BCUT2D eigenvalue weighted by Gasteiger charge is -2.29. The third-order valence-corrected chi connectivity index (χ3v) is 14.8. The van der Waals surface area contributed by atoms with Gasteiger partial charge in [0.25, 0.3) is 0 Å². The average molecular weight is 911 g/mol. The lowest BCUT2D eigenvalue weighted by atomic mass is 9.80. The summed E-state index contributed by atoms with van der Waals surface area (Å²) in [6, 6.07) is 68.7. The zero-order chi connectivity index (χ0) is 48.1. The maximum atomic E-state index is 6.86. The van der Waals surface area contributed by atoms with E-state index in [9.17, 15) is 0 Å². The van der Waals surface area contributed by atoms with Crippen LogP contribution in [0.3, 0.4) is 0 Å². The van der Waals surface area contributed by atoms with E-state index in [0.717, 1.165) is 45.1 Å². The van der Waals surface area contributed by atoms with Crippen LogP contribution in [0.4, 0.5) is 22.7 Å². The summed E-state index contributed by atoms with van der Waals surface area (Å²) in [4.78, 5) is 9.92. The number of fused-ring (bicyclic) bond motifs is 7. The Bertz CT molecular complexity index is 3680. The molecule has 0 radical (unpaired) electrons. The number of nitrogens with zero attached hydrogens (tertiary/aromatic N) is 4. The third kappa shape index (κ3) is 7.17. The van der Waals surface area contributed by atoms with E-state index in [0.29, 0.717) is 6.67 Å². The normalized spacial score (nSPS) is 14.0. The van der Waals surface area contributed by atoms with Gasteiger partial charge in [0, 0.05) is 51.3 Å².